The molecule has 1 aliphatic heterocycles. The van der Waals surface area contributed by atoms with Gasteiger partial charge in [-0.3, -0.25) is 0 Å². The maximum absolute atomic E-state index is 9.98. The number of imidazole rings is 1. The Bertz CT molecular complexity index is 1040. The topological polar surface area (TPSA) is 56.5 Å². The molecular weight excluding hydrogens is 404 g/mol. The molecule has 0 bridgehead atoms. The molecule has 1 aliphatic rings. The lowest BCUT2D eigenvalue weighted by Gasteiger charge is -2.17. The Morgan fingerprint density at radius 2 is 1.86 bits per heavy atom. The summed E-state index contributed by atoms with van der Waals surface area (Å²) < 4.78 is 14.1. The first kappa shape index (κ1) is 20.2. The lowest BCUT2D eigenvalue weighted by Crippen LogP contribution is -2.22. The predicted molar refractivity (Wildman–Crippen MR) is 118 cm³/mol. The van der Waals surface area contributed by atoms with Gasteiger partial charge in [0.25, 0.3) is 0 Å². The van der Waals surface area contributed by atoms with Crippen molar-refractivity contribution in [1.82, 2.24) is 9.55 Å². The van der Waals surface area contributed by atoms with Crippen molar-refractivity contribution < 1.29 is 14.6 Å². The van der Waals surface area contributed by atoms with Gasteiger partial charge in [-0.25, -0.2) is 4.98 Å². The van der Waals surface area contributed by atoms with Gasteiger partial charge < -0.3 is 19.1 Å². The fourth-order valence-corrected chi connectivity index (χ4v) is 4.33. The second-order valence-electron chi connectivity index (χ2n) is 8.40. The van der Waals surface area contributed by atoms with Crippen molar-refractivity contribution in [3.8, 4) is 34.0 Å². The van der Waals surface area contributed by atoms with E-state index in [0.29, 0.717) is 29.9 Å². The van der Waals surface area contributed by atoms with Crippen LogP contribution in [0, 0.1) is 0 Å². The molecule has 2 aromatic carbocycles. The number of ether oxygens (including phenoxy) is 2. The van der Waals surface area contributed by atoms with Crippen LogP contribution in [-0.4, -0.2) is 29.3 Å². The molecule has 0 aliphatic carbocycles. The van der Waals surface area contributed by atoms with E-state index in [1.165, 1.54) is 0 Å². The van der Waals surface area contributed by atoms with E-state index in [2.05, 4.69) is 19.6 Å². The summed E-state index contributed by atoms with van der Waals surface area (Å²) in [6.45, 7) is 7.80. The van der Waals surface area contributed by atoms with Crippen molar-refractivity contribution in [3.63, 3.8) is 0 Å². The molecular formula is C22H25ClN2O3Si. The molecule has 0 saturated carbocycles. The summed E-state index contributed by atoms with van der Waals surface area (Å²) in [5.41, 5.74) is 3.33. The Hall–Kier alpha value is -2.12. The lowest BCUT2D eigenvalue weighted by molar-refractivity contribution is 0.0828. The Morgan fingerprint density at radius 1 is 1.10 bits per heavy atom. The summed E-state index contributed by atoms with van der Waals surface area (Å²) in [4.78, 5) is 4.75. The molecule has 4 rings (SSSR count). The third-order valence-corrected chi connectivity index (χ3v) is 6.90. The summed E-state index contributed by atoms with van der Waals surface area (Å²) in [6.07, 6.45) is 0. The minimum Gasteiger partial charge on any atom is -0.456 e. The highest BCUT2D eigenvalue weighted by atomic mass is 35.5. The smallest absolute Gasteiger partial charge is 0.137 e. The van der Waals surface area contributed by atoms with Gasteiger partial charge in [0.2, 0.25) is 0 Å². The molecule has 7 heteroatoms. The standard InChI is InChI=1S/C22H25ClN2O3Si/c1-29(2,3)11-10-27-14-25-20(13-26)24-21-16-6-4-5-7-18(16)28-19-9-8-15(23)12-17(19)22(21)25/h4-9,12,26H,10-11,13-14H2,1-3H3. The van der Waals surface area contributed by atoms with Crippen LogP contribution in [0.2, 0.25) is 30.7 Å². The minimum absolute atomic E-state index is 0.177. The number of nitrogens with zero attached hydrogens (tertiary/aromatic N) is 2. The molecule has 0 radical (unpaired) electrons. The number of aliphatic hydroxyl groups excluding tert-OH is 1. The zero-order chi connectivity index (χ0) is 20.6. The monoisotopic (exact) mass is 428 g/mol. The zero-order valence-corrected chi connectivity index (χ0v) is 18.7. The van der Waals surface area contributed by atoms with Gasteiger partial charge in [-0.2, -0.15) is 0 Å². The fourth-order valence-electron chi connectivity index (χ4n) is 3.40. The molecule has 0 amide bonds. The van der Waals surface area contributed by atoms with E-state index in [4.69, 9.17) is 26.1 Å². The molecule has 0 atom stereocenters. The number of rotatable bonds is 6. The van der Waals surface area contributed by atoms with Crippen molar-refractivity contribution in [2.75, 3.05) is 6.61 Å². The van der Waals surface area contributed by atoms with E-state index in [1.807, 2.05) is 47.0 Å². The van der Waals surface area contributed by atoms with E-state index in [9.17, 15) is 5.11 Å². The molecule has 1 aromatic heterocycles. The largest absolute Gasteiger partial charge is 0.456 e. The minimum atomic E-state index is -1.19. The second-order valence-corrected chi connectivity index (χ2v) is 14.5. The molecule has 0 spiro atoms. The first-order valence-corrected chi connectivity index (χ1v) is 13.8. The van der Waals surface area contributed by atoms with Gasteiger partial charge in [-0.1, -0.05) is 43.4 Å². The number of halogens is 1. The molecule has 1 N–H and O–H groups in total. The Labute approximate surface area is 176 Å². The van der Waals surface area contributed by atoms with Gasteiger partial charge in [-0.15, -0.1) is 0 Å². The highest BCUT2D eigenvalue weighted by molar-refractivity contribution is 6.76. The van der Waals surface area contributed by atoms with E-state index in [1.54, 1.807) is 0 Å². The summed E-state index contributed by atoms with van der Waals surface area (Å²) in [5, 5.41) is 10.6. The first-order valence-electron chi connectivity index (χ1n) is 9.72. The molecule has 29 heavy (non-hydrogen) atoms. The van der Waals surface area contributed by atoms with Crippen molar-refractivity contribution in [2.24, 2.45) is 0 Å². The number of aliphatic hydroxyl groups is 1. The van der Waals surface area contributed by atoms with Gasteiger partial charge in [0.1, 0.15) is 36.4 Å². The fraction of sp³-hybridized carbons (Fsp3) is 0.318. The van der Waals surface area contributed by atoms with Crippen LogP contribution in [0.15, 0.2) is 42.5 Å². The van der Waals surface area contributed by atoms with Crippen LogP contribution < -0.4 is 4.74 Å². The maximum Gasteiger partial charge on any atom is 0.137 e. The van der Waals surface area contributed by atoms with Gasteiger partial charge in [0, 0.05) is 30.8 Å². The van der Waals surface area contributed by atoms with Gasteiger partial charge in [0.05, 0.1) is 5.69 Å². The van der Waals surface area contributed by atoms with Crippen molar-refractivity contribution in [3.05, 3.63) is 53.3 Å². The van der Waals surface area contributed by atoms with E-state index < -0.39 is 8.07 Å². The third-order valence-electron chi connectivity index (χ3n) is 4.96. The van der Waals surface area contributed by atoms with Gasteiger partial charge in [-0.05, 0) is 36.4 Å². The van der Waals surface area contributed by atoms with Crippen LogP contribution in [0.25, 0.3) is 22.5 Å². The van der Waals surface area contributed by atoms with Crippen molar-refractivity contribution >= 4 is 19.7 Å². The molecule has 0 saturated heterocycles. The van der Waals surface area contributed by atoms with Crippen LogP contribution in [0.5, 0.6) is 11.5 Å². The van der Waals surface area contributed by atoms with Gasteiger partial charge >= 0.3 is 0 Å². The Kier molecular flexibility index (Phi) is 5.53. The number of fused-ring (bicyclic) bond motifs is 5. The van der Waals surface area contributed by atoms with E-state index in [0.717, 1.165) is 34.3 Å². The lowest BCUT2D eigenvalue weighted by atomic mass is 10.0. The molecule has 5 nitrogen and oxygen atoms in total. The van der Waals surface area contributed by atoms with Crippen LogP contribution in [0.3, 0.4) is 0 Å². The molecule has 0 fully saturated rings. The first-order chi connectivity index (χ1) is 13.9. The number of hydrogen-bond acceptors (Lipinski definition) is 4. The van der Waals surface area contributed by atoms with Crippen LogP contribution in [0.4, 0.5) is 0 Å². The number of hydrogen-bond donors (Lipinski definition) is 1. The van der Waals surface area contributed by atoms with Crippen LogP contribution in [-0.2, 0) is 18.1 Å². The summed E-state index contributed by atoms with van der Waals surface area (Å²) >= 11 is 6.32. The van der Waals surface area contributed by atoms with E-state index in [-0.39, 0.29) is 6.61 Å². The maximum atomic E-state index is 9.98. The number of para-hydroxylation sites is 1. The average molecular weight is 429 g/mol. The highest BCUT2D eigenvalue weighted by Gasteiger charge is 2.28. The second kappa shape index (κ2) is 7.95. The summed E-state index contributed by atoms with van der Waals surface area (Å²) in [7, 11) is -1.19. The Morgan fingerprint density at radius 3 is 2.62 bits per heavy atom. The highest BCUT2D eigenvalue weighted by Crippen LogP contribution is 2.47. The zero-order valence-electron chi connectivity index (χ0n) is 16.9. The molecule has 0 unspecified atom stereocenters. The SMILES string of the molecule is C[Si](C)(C)CCOCn1c(CO)nc2c1-c1cc(Cl)ccc1Oc1ccccc1-2. The van der Waals surface area contributed by atoms with E-state index >= 15 is 0 Å². The number of aromatic nitrogens is 2. The van der Waals surface area contributed by atoms with Crippen LogP contribution >= 0.6 is 11.6 Å². The quantitative estimate of drug-likeness (QED) is 0.312. The molecule has 3 aromatic rings. The van der Waals surface area contributed by atoms with Crippen LogP contribution in [0.1, 0.15) is 5.82 Å². The summed E-state index contributed by atoms with van der Waals surface area (Å²) in [5.74, 6) is 1.99. The average Bonchev–Trinajstić information content (AvgIpc) is 2.98. The third kappa shape index (κ3) is 4.11. The van der Waals surface area contributed by atoms with Crippen molar-refractivity contribution in [2.45, 2.75) is 39.0 Å². The summed E-state index contributed by atoms with van der Waals surface area (Å²) in [6, 6.07) is 14.4. The molecule has 2 heterocycles. The Balaban J connectivity index is 1.82. The van der Waals surface area contributed by atoms with Gasteiger partial charge in [0.15, 0.2) is 0 Å². The molecule has 152 valence electrons. The predicted octanol–water partition coefficient (Wildman–Crippen LogP) is 5.78. The normalized spacial score (nSPS) is 12.6. The van der Waals surface area contributed by atoms with Crippen molar-refractivity contribution in [1.29, 1.82) is 0 Å². The number of benzene rings is 2.